The number of rotatable bonds is 10. The summed E-state index contributed by atoms with van der Waals surface area (Å²) in [6.45, 7) is 1.98. The lowest BCUT2D eigenvalue weighted by Gasteiger charge is -2.30. The third kappa shape index (κ3) is 6.29. The van der Waals surface area contributed by atoms with Gasteiger partial charge in [-0.2, -0.15) is 0 Å². The lowest BCUT2D eigenvalue weighted by Crippen LogP contribution is -2.35. The molecular formula is C23H27BrF2N4O4. The zero-order valence-corrected chi connectivity index (χ0v) is 20.3. The Morgan fingerprint density at radius 2 is 2.18 bits per heavy atom. The van der Waals surface area contributed by atoms with Gasteiger partial charge in [-0.1, -0.05) is 15.9 Å². The summed E-state index contributed by atoms with van der Waals surface area (Å²) >= 11 is 3.17. The van der Waals surface area contributed by atoms with E-state index < -0.39 is 17.5 Å². The number of hydrogen-bond acceptors (Lipinski definition) is 6. The van der Waals surface area contributed by atoms with E-state index in [1.165, 1.54) is 30.0 Å². The molecule has 1 amide bonds. The molecule has 1 aliphatic heterocycles. The lowest BCUT2D eigenvalue weighted by molar-refractivity contribution is 0.0168. The molecule has 4 N–H and O–H groups in total. The molecule has 3 rings (SSSR count). The van der Waals surface area contributed by atoms with Gasteiger partial charge in [0.25, 0.3) is 5.91 Å². The van der Waals surface area contributed by atoms with E-state index in [0.29, 0.717) is 23.3 Å². The molecule has 1 aliphatic rings. The van der Waals surface area contributed by atoms with E-state index in [0.717, 1.165) is 25.6 Å². The van der Waals surface area contributed by atoms with Crippen LogP contribution in [0.3, 0.4) is 0 Å². The van der Waals surface area contributed by atoms with E-state index in [1.807, 2.05) is 0 Å². The molecule has 1 saturated heterocycles. The first-order valence-corrected chi connectivity index (χ1v) is 11.6. The third-order valence-electron chi connectivity index (χ3n) is 5.42. The highest BCUT2D eigenvalue weighted by Crippen LogP contribution is 2.35. The zero-order chi connectivity index (χ0) is 24.7. The molecule has 0 spiro atoms. The van der Waals surface area contributed by atoms with Crippen LogP contribution < -0.4 is 15.7 Å². The van der Waals surface area contributed by atoms with Gasteiger partial charge in [0.2, 0.25) is 0 Å². The maximum atomic E-state index is 15.7. The minimum absolute atomic E-state index is 0.0286. The highest BCUT2D eigenvalue weighted by molar-refractivity contribution is 9.10. The van der Waals surface area contributed by atoms with E-state index in [2.05, 4.69) is 26.7 Å². The Kier molecular flexibility index (Phi) is 9.34. The molecule has 0 aliphatic carbocycles. The maximum absolute atomic E-state index is 15.7. The SMILES string of the molecule is Cc1c(N(C=N)CC2CCCCO2)cc(C(=O)NOCCO)c(Nc2ccc(Br)cc2F)c1F. The molecule has 11 heteroatoms. The molecule has 2 aromatic rings. The zero-order valence-electron chi connectivity index (χ0n) is 18.7. The smallest absolute Gasteiger partial charge is 0.277 e. The number of ether oxygens (including phenoxy) is 1. The van der Waals surface area contributed by atoms with Gasteiger partial charge >= 0.3 is 0 Å². The van der Waals surface area contributed by atoms with Gasteiger partial charge in [0, 0.05) is 22.3 Å². The van der Waals surface area contributed by atoms with Gasteiger partial charge in [-0.3, -0.25) is 15.0 Å². The number of halogens is 3. The molecule has 34 heavy (non-hydrogen) atoms. The van der Waals surface area contributed by atoms with Crippen molar-refractivity contribution < 1.29 is 28.3 Å². The van der Waals surface area contributed by atoms with Gasteiger partial charge in [0.1, 0.15) is 5.82 Å². The van der Waals surface area contributed by atoms with Crippen LogP contribution in [-0.2, 0) is 9.57 Å². The van der Waals surface area contributed by atoms with Crippen molar-refractivity contribution in [1.82, 2.24) is 5.48 Å². The van der Waals surface area contributed by atoms with E-state index in [1.54, 1.807) is 6.07 Å². The Morgan fingerprint density at radius 1 is 1.38 bits per heavy atom. The fourth-order valence-corrected chi connectivity index (χ4v) is 4.00. The number of nitrogens with zero attached hydrogens (tertiary/aromatic N) is 1. The van der Waals surface area contributed by atoms with Crippen molar-refractivity contribution in [1.29, 1.82) is 5.41 Å². The molecule has 2 aromatic carbocycles. The number of aliphatic hydroxyl groups is 1. The molecule has 184 valence electrons. The molecule has 0 saturated carbocycles. The summed E-state index contributed by atoms with van der Waals surface area (Å²) in [5.74, 6) is -2.22. The van der Waals surface area contributed by atoms with Crippen molar-refractivity contribution >= 4 is 45.2 Å². The summed E-state index contributed by atoms with van der Waals surface area (Å²) in [6.07, 6.45) is 3.72. The van der Waals surface area contributed by atoms with Crippen LogP contribution in [0.15, 0.2) is 28.7 Å². The van der Waals surface area contributed by atoms with Gasteiger partial charge in [-0.15, -0.1) is 0 Å². The van der Waals surface area contributed by atoms with Gasteiger partial charge in [0.15, 0.2) is 5.82 Å². The first kappa shape index (κ1) is 26.0. The highest BCUT2D eigenvalue weighted by Gasteiger charge is 2.25. The maximum Gasteiger partial charge on any atom is 0.277 e. The van der Waals surface area contributed by atoms with Crippen LogP contribution >= 0.6 is 15.9 Å². The van der Waals surface area contributed by atoms with E-state index in [9.17, 15) is 9.18 Å². The average Bonchev–Trinajstić information content (AvgIpc) is 2.83. The Bertz CT molecular complexity index is 1030. The average molecular weight is 541 g/mol. The second-order valence-electron chi connectivity index (χ2n) is 7.78. The minimum Gasteiger partial charge on any atom is -0.394 e. The Morgan fingerprint density at radius 3 is 2.82 bits per heavy atom. The minimum atomic E-state index is -0.799. The fourth-order valence-electron chi connectivity index (χ4n) is 3.67. The summed E-state index contributed by atoms with van der Waals surface area (Å²) < 4.78 is 36.4. The summed E-state index contributed by atoms with van der Waals surface area (Å²) in [5, 5.41) is 19.5. The van der Waals surface area contributed by atoms with E-state index in [4.69, 9.17) is 20.1 Å². The second-order valence-corrected chi connectivity index (χ2v) is 8.70. The van der Waals surface area contributed by atoms with E-state index >= 15 is 4.39 Å². The molecule has 0 bridgehead atoms. The molecule has 1 fully saturated rings. The largest absolute Gasteiger partial charge is 0.394 e. The highest BCUT2D eigenvalue weighted by atomic mass is 79.9. The number of carbonyl (C=O) groups excluding carboxylic acids is 1. The number of amides is 1. The normalized spacial score (nSPS) is 15.6. The van der Waals surface area contributed by atoms with Crippen LogP contribution in [0, 0.1) is 24.0 Å². The third-order valence-corrected chi connectivity index (χ3v) is 5.91. The summed E-state index contributed by atoms with van der Waals surface area (Å²) in [7, 11) is 0. The monoisotopic (exact) mass is 540 g/mol. The summed E-state index contributed by atoms with van der Waals surface area (Å²) in [4.78, 5) is 19.3. The van der Waals surface area contributed by atoms with Gasteiger partial charge < -0.3 is 20.1 Å². The number of carbonyl (C=O) groups is 1. The van der Waals surface area contributed by atoms with Crippen molar-refractivity contribution in [3.8, 4) is 0 Å². The quantitative estimate of drug-likeness (QED) is 0.154. The number of hydroxylamine groups is 1. The molecular weight excluding hydrogens is 514 g/mol. The predicted molar refractivity (Wildman–Crippen MR) is 129 cm³/mol. The Balaban J connectivity index is 2.02. The number of aliphatic hydroxyl groups excluding tert-OH is 1. The topological polar surface area (TPSA) is 107 Å². The van der Waals surface area contributed by atoms with Gasteiger partial charge in [0.05, 0.1) is 49.1 Å². The van der Waals surface area contributed by atoms with Crippen molar-refractivity contribution in [2.45, 2.75) is 32.3 Å². The van der Waals surface area contributed by atoms with E-state index in [-0.39, 0.29) is 41.8 Å². The van der Waals surface area contributed by atoms with Gasteiger partial charge in [-0.25, -0.2) is 14.3 Å². The van der Waals surface area contributed by atoms with Crippen molar-refractivity contribution in [3.63, 3.8) is 0 Å². The first-order chi connectivity index (χ1) is 16.3. The standard InChI is InChI=1S/C23H27BrF2N4O4/c1-14-20(30(13-27)12-16-4-2-3-8-33-16)11-17(23(32)29-34-9-7-31)22(21(14)26)28-19-6-5-15(24)10-18(19)25/h5-6,10-11,13,16,27-28,31H,2-4,7-9,12H2,1H3,(H,29,32). The summed E-state index contributed by atoms with van der Waals surface area (Å²) in [6, 6.07) is 5.63. The lowest BCUT2D eigenvalue weighted by atomic mass is 10.0. The molecule has 0 aromatic heterocycles. The van der Waals surface area contributed by atoms with Crippen molar-refractivity contribution in [3.05, 3.63) is 51.5 Å². The molecule has 8 nitrogen and oxygen atoms in total. The molecule has 0 radical (unpaired) electrons. The second kappa shape index (κ2) is 12.2. The molecule has 1 unspecified atom stereocenters. The Hall–Kier alpha value is -2.60. The number of benzene rings is 2. The van der Waals surface area contributed by atoms with Crippen molar-refractivity contribution in [2.75, 3.05) is 36.6 Å². The summed E-state index contributed by atoms with van der Waals surface area (Å²) in [5.41, 5.74) is 2.20. The number of anilines is 3. The molecule has 1 heterocycles. The Labute approximate surface area is 204 Å². The molecule has 1 atom stereocenters. The predicted octanol–water partition coefficient (Wildman–Crippen LogP) is 4.42. The van der Waals surface area contributed by atoms with Crippen LogP contribution in [0.25, 0.3) is 0 Å². The van der Waals surface area contributed by atoms with Crippen molar-refractivity contribution in [2.24, 2.45) is 0 Å². The first-order valence-electron chi connectivity index (χ1n) is 10.8. The van der Waals surface area contributed by atoms with Crippen LogP contribution in [0.5, 0.6) is 0 Å². The van der Waals surface area contributed by atoms with Crippen LogP contribution in [-0.4, -0.2) is 49.8 Å². The van der Waals surface area contributed by atoms with Crippen LogP contribution in [0.4, 0.5) is 25.8 Å². The van der Waals surface area contributed by atoms with Crippen LogP contribution in [0.2, 0.25) is 0 Å². The number of nitrogens with one attached hydrogen (secondary N) is 3. The van der Waals surface area contributed by atoms with Gasteiger partial charge in [-0.05, 0) is 50.5 Å². The number of hydrogen-bond donors (Lipinski definition) is 4. The fraction of sp³-hybridized carbons (Fsp3) is 0.391. The van der Waals surface area contributed by atoms with Crippen LogP contribution in [0.1, 0.15) is 35.2 Å².